The molecule has 0 aromatic carbocycles. The van der Waals surface area contributed by atoms with Gasteiger partial charge in [-0.15, -0.1) is 0 Å². The molecule has 0 atom stereocenters. The third-order valence-corrected chi connectivity index (χ3v) is 0. The molecular formula is MgSbSiSn. The Morgan fingerprint density at radius 1 is 1.00 bits per heavy atom. The normalized spacial score (nSPS) is 0. The summed E-state index contributed by atoms with van der Waals surface area (Å²) in [5.41, 5.74) is 0. The topological polar surface area (TPSA) is 0 Å². The molecule has 0 aromatic rings. The van der Waals surface area contributed by atoms with Gasteiger partial charge in [-0.25, -0.2) is 0 Å². The van der Waals surface area contributed by atoms with Crippen LogP contribution in [0, 0.1) is 0 Å². The van der Waals surface area contributed by atoms with Crippen LogP contribution in [0.1, 0.15) is 0 Å². The Labute approximate surface area is 81.1 Å². The van der Waals surface area contributed by atoms with Gasteiger partial charge in [-0.05, 0) is 0 Å². The molecule has 0 aliphatic rings. The summed E-state index contributed by atoms with van der Waals surface area (Å²) < 4.78 is 0. The summed E-state index contributed by atoms with van der Waals surface area (Å²) in [6.07, 6.45) is 0. The molecule has 0 aromatic heterocycles. The van der Waals surface area contributed by atoms with Crippen LogP contribution in [0.5, 0.6) is 0 Å². The summed E-state index contributed by atoms with van der Waals surface area (Å²) in [7, 11) is 0. The van der Waals surface area contributed by atoms with Crippen LogP contribution in [0.25, 0.3) is 0 Å². The Bertz CT molecular complexity index is 8.00. The molecule has 4 heteroatoms. The second-order valence-corrected chi connectivity index (χ2v) is 0. The van der Waals surface area contributed by atoms with Gasteiger partial charge in [-0.3, -0.25) is 0 Å². The number of rotatable bonds is 0. The van der Waals surface area contributed by atoms with Gasteiger partial charge < -0.3 is 0 Å². The van der Waals surface area contributed by atoms with Crippen LogP contribution < -0.4 is 0 Å². The molecule has 0 amide bonds. The fourth-order valence-electron chi connectivity index (χ4n) is 0. The van der Waals surface area contributed by atoms with E-state index in [9.17, 15) is 0 Å². The van der Waals surface area contributed by atoms with E-state index in [1.165, 1.54) is 0 Å². The molecule has 0 aliphatic carbocycles. The Kier molecular flexibility index (Phi) is 134. The van der Waals surface area contributed by atoms with Crippen LogP contribution >= 0.6 is 0 Å². The van der Waals surface area contributed by atoms with Crippen molar-refractivity contribution in [2.45, 2.75) is 0 Å². The first-order chi connectivity index (χ1) is 0. The zero-order valence-electron chi connectivity index (χ0n) is 2.15. The molecule has 0 N–H and O–H groups in total. The molecule has 0 unspecified atom stereocenters. The van der Waals surface area contributed by atoms with Gasteiger partial charge in [0.1, 0.15) is 0 Å². The largest absolute Gasteiger partial charge is 0 e. The molecule has 0 rings (SSSR count). The molecule has 0 heterocycles. The van der Waals surface area contributed by atoms with E-state index in [4.69, 9.17) is 0 Å². The minimum Gasteiger partial charge on any atom is 0 e. The maximum Gasteiger partial charge on any atom is 0 e. The van der Waals surface area contributed by atoms with Gasteiger partial charge in [0, 0.05) is 82.4 Å². The zero-order valence-corrected chi connectivity index (χ0v) is 9.98. The van der Waals surface area contributed by atoms with E-state index in [2.05, 4.69) is 0 Å². The average molecular weight is 293 g/mol. The van der Waals surface area contributed by atoms with Crippen molar-refractivity contribution in [1.82, 2.24) is 0 Å². The van der Waals surface area contributed by atoms with Gasteiger partial charge >= 0.3 is 0 Å². The standard InChI is InChI=1S/Mg.Sb.Si.Sn. The van der Waals surface area contributed by atoms with E-state index >= 15 is 0 Å². The van der Waals surface area contributed by atoms with Gasteiger partial charge in [-0.2, -0.15) is 0 Å². The molecular weight excluding hydrogens is 293 g/mol. The Hall–Kier alpha value is 2.60. The first-order valence-corrected chi connectivity index (χ1v) is 0. The van der Waals surface area contributed by atoms with Crippen molar-refractivity contribution in [2.75, 3.05) is 0 Å². The predicted octanol–water partition coefficient (Wildman–Crippen LogP) is -1.52. The molecule has 0 aliphatic heterocycles. The molecule has 4 heavy (non-hydrogen) atoms. The van der Waals surface area contributed by atoms with E-state index in [1.807, 2.05) is 0 Å². The molecule has 15 valence electrons. The zero-order chi connectivity index (χ0) is 0. The fourth-order valence-corrected chi connectivity index (χ4v) is 0. The van der Waals surface area contributed by atoms with Crippen LogP contribution in [-0.2, 0) is 0 Å². The first kappa shape index (κ1) is 30.6. The quantitative estimate of drug-likeness (QED) is 0.476. The molecule has 0 bridgehead atoms. The fraction of sp³-hybridized carbons (Fsp3) is 0. The van der Waals surface area contributed by atoms with Gasteiger partial charge in [0.2, 0.25) is 0 Å². The molecule has 0 nitrogen and oxygen atoms in total. The summed E-state index contributed by atoms with van der Waals surface area (Å²) in [4.78, 5) is 0. The van der Waals surface area contributed by atoms with Crippen molar-refractivity contribution >= 4 is 82.4 Å². The molecule has 0 fully saturated rings. The van der Waals surface area contributed by atoms with E-state index in [-0.39, 0.29) is 82.4 Å². The van der Waals surface area contributed by atoms with Gasteiger partial charge in [0.05, 0.1) is 0 Å². The number of hydrogen-bond acceptors (Lipinski definition) is 0. The van der Waals surface area contributed by atoms with E-state index < -0.39 is 0 Å². The van der Waals surface area contributed by atoms with Crippen molar-refractivity contribution < 1.29 is 0 Å². The third-order valence-electron chi connectivity index (χ3n) is 0. The average Bonchev–Trinajstić information content (AvgIpc) is 0. The summed E-state index contributed by atoms with van der Waals surface area (Å²) in [5, 5.41) is 0. The minimum absolute atomic E-state index is 0. The monoisotopic (exact) mass is 293 g/mol. The second kappa shape index (κ2) is 17.5. The molecule has 13 radical (unpaired) electrons. The van der Waals surface area contributed by atoms with E-state index in [1.54, 1.807) is 0 Å². The molecule has 0 saturated carbocycles. The maximum atomic E-state index is 0. The summed E-state index contributed by atoms with van der Waals surface area (Å²) in [6, 6.07) is 0. The Balaban J connectivity index is 0. The Morgan fingerprint density at radius 2 is 1.00 bits per heavy atom. The van der Waals surface area contributed by atoms with Crippen molar-refractivity contribution in [3.8, 4) is 0 Å². The summed E-state index contributed by atoms with van der Waals surface area (Å²) >= 11 is 0. The van der Waals surface area contributed by atoms with Crippen LogP contribution in [-0.4, -0.2) is 82.4 Å². The van der Waals surface area contributed by atoms with Crippen LogP contribution in [0.3, 0.4) is 0 Å². The van der Waals surface area contributed by atoms with Crippen LogP contribution in [0.4, 0.5) is 0 Å². The number of hydrogen-bond donors (Lipinski definition) is 0. The smallest absolute Gasteiger partial charge is 0 e. The second-order valence-electron chi connectivity index (χ2n) is 0. The van der Waals surface area contributed by atoms with Crippen LogP contribution in [0.2, 0.25) is 0 Å². The third kappa shape index (κ3) is 8.82. The first-order valence-electron chi connectivity index (χ1n) is 0. The van der Waals surface area contributed by atoms with Gasteiger partial charge in [0.15, 0.2) is 0 Å². The van der Waals surface area contributed by atoms with Crippen molar-refractivity contribution in [3.63, 3.8) is 0 Å². The minimum atomic E-state index is 0. The van der Waals surface area contributed by atoms with Crippen molar-refractivity contribution in [2.24, 2.45) is 0 Å². The van der Waals surface area contributed by atoms with Gasteiger partial charge in [-0.1, -0.05) is 0 Å². The SMILES string of the molecule is [Mg].[Sb].[Si].[Sn]. The molecule has 0 saturated heterocycles. The maximum absolute atomic E-state index is 0. The van der Waals surface area contributed by atoms with Gasteiger partial charge in [0.25, 0.3) is 0 Å². The summed E-state index contributed by atoms with van der Waals surface area (Å²) in [5.74, 6) is 0. The molecule has 0 spiro atoms. The van der Waals surface area contributed by atoms with E-state index in [0.717, 1.165) is 0 Å². The Morgan fingerprint density at radius 3 is 1.00 bits per heavy atom. The van der Waals surface area contributed by atoms with Crippen molar-refractivity contribution in [3.05, 3.63) is 0 Å². The predicted molar refractivity (Wildman–Crippen MR) is 23.0 cm³/mol. The van der Waals surface area contributed by atoms with E-state index in [0.29, 0.717) is 0 Å². The van der Waals surface area contributed by atoms with Crippen molar-refractivity contribution in [1.29, 1.82) is 0 Å². The summed E-state index contributed by atoms with van der Waals surface area (Å²) in [6.45, 7) is 0. The van der Waals surface area contributed by atoms with Crippen LogP contribution in [0.15, 0.2) is 0 Å².